The quantitative estimate of drug-likeness (QED) is 0.886. The highest BCUT2D eigenvalue weighted by Crippen LogP contribution is 2.24. The molecule has 1 aliphatic rings. The summed E-state index contributed by atoms with van der Waals surface area (Å²) in [6.45, 7) is 2.15. The highest BCUT2D eigenvalue weighted by atomic mass is 35.5. The fourth-order valence-corrected chi connectivity index (χ4v) is 3.50. The number of hydrogen-bond donors (Lipinski definition) is 1. The van der Waals surface area contributed by atoms with Gasteiger partial charge < -0.3 is 4.74 Å². The zero-order valence-corrected chi connectivity index (χ0v) is 13.0. The predicted molar refractivity (Wildman–Crippen MR) is 79.5 cm³/mol. The first-order valence-corrected chi connectivity index (χ1v) is 8.67. The van der Waals surface area contributed by atoms with Gasteiger partial charge in [-0.15, -0.1) is 0 Å². The van der Waals surface area contributed by atoms with Gasteiger partial charge in [-0.1, -0.05) is 11.6 Å². The fraction of sp³-hybridized carbons (Fsp3) is 0.538. The number of hydrogen-bond acceptors (Lipinski definition) is 4. The first-order valence-electron chi connectivity index (χ1n) is 6.68. The largest absolute Gasteiger partial charge is 0.491 e. The summed E-state index contributed by atoms with van der Waals surface area (Å²) < 4.78 is 41.1. The molecular weight excluding hydrogens is 319 g/mol. The number of nitrogens with two attached hydrogens (primary N) is 1. The first kappa shape index (κ1) is 16.5. The van der Waals surface area contributed by atoms with E-state index in [4.69, 9.17) is 21.5 Å². The van der Waals surface area contributed by atoms with Crippen LogP contribution in [-0.4, -0.2) is 44.8 Å². The van der Waals surface area contributed by atoms with E-state index in [0.717, 1.165) is 13.0 Å². The van der Waals surface area contributed by atoms with Gasteiger partial charge in [-0.2, -0.15) is 0 Å². The van der Waals surface area contributed by atoms with E-state index < -0.39 is 21.1 Å². The average Bonchev–Trinajstić information content (AvgIpc) is 2.41. The average molecular weight is 337 g/mol. The summed E-state index contributed by atoms with van der Waals surface area (Å²) in [5.74, 6) is -0.00236. The lowest BCUT2D eigenvalue weighted by molar-refractivity contribution is 0.184. The molecule has 118 valence electrons. The molecule has 0 spiro atoms. The molecule has 2 N–H and O–H groups in total. The molecule has 8 heteroatoms. The van der Waals surface area contributed by atoms with E-state index in [0.29, 0.717) is 31.9 Å². The Morgan fingerprint density at radius 3 is 2.90 bits per heavy atom. The monoisotopic (exact) mass is 336 g/mol. The second-order valence-electron chi connectivity index (χ2n) is 5.08. The van der Waals surface area contributed by atoms with Crippen molar-refractivity contribution in [3.05, 3.63) is 29.0 Å². The van der Waals surface area contributed by atoms with E-state index in [9.17, 15) is 12.8 Å². The zero-order chi connectivity index (χ0) is 15.5. The molecule has 1 atom stereocenters. The van der Waals surface area contributed by atoms with Crippen LogP contribution in [0.2, 0.25) is 5.02 Å². The molecule has 1 unspecified atom stereocenters. The van der Waals surface area contributed by atoms with Crippen molar-refractivity contribution in [1.82, 2.24) is 4.90 Å². The molecule has 1 aliphatic heterocycles. The molecule has 2 rings (SSSR count). The zero-order valence-electron chi connectivity index (χ0n) is 11.5. The number of likely N-dealkylation sites (tertiary alicyclic amines) is 1. The molecule has 1 saturated heterocycles. The Labute approximate surface area is 128 Å². The van der Waals surface area contributed by atoms with E-state index >= 15 is 0 Å². The number of piperidine rings is 1. The molecule has 1 fully saturated rings. The van der Waals surface area contributed by atoms with Crippen molar-refractivity contribution in [1.29, 1.82) is 0 Å². The summed E-state index contributed by atoms with van der Waals surface area (Å²) in [5.41, 5.74) is 0. The normalized spacial score (nSPS) is 20.4. The van der Waals surface area contributed by atoms with Gasteiger partial charge in [0.1, 0.15) is 18.2 Å². The van der Waals surface area contributed by atoms with Crippen molar-refractivity contribution < 1.29 is 17.5 Å². The third-order valence-corrected chi connectivity index (χ3v) is 5.10. The summed E-state index contributed by atoms with van der Waals surface area (Å²) in [7, 11) is -3.49. The molecular formula is C13H18ClFN2O3S. The first-order chi connectivity index (χ1) is 9.86. The maximum absolute atomic E-state index is 12.9. The van der Waals surface area contributed by atoms with Crippen LogP contribution in [0.3, 0.4) is 0 Å². The Balaban J connectivity index is 1.83. The number of halogens is 2. The standard InChI is InChI=1S/C13H18ClFN2O3S/c14-12-8-10(15)3-4-13(12)20-7-6-17-5-1-2-11(9-17)21(16,18)19/h3-4,8,11H,1-2,5-7,9H2,(H2,16,18,19). The van der Waals surface area contributed by atoms with Crippen molar-refractivity contribution in [2.45, 2.75) is 18.1 Å². The number of ether oxygens (including phenoxy) is 1. The molecule has 1 aromatic carbocycles. The second-order valence-corrected chi connectivity index (χ2v) is 7.33. The summed E-state index contributed by atoms with van der Waals surface area (Å²) in [4.78, 5) is 2.00. The van der Waals surface area contributed by atoms with Gasteiger partial charge in [0.15, 0.2) is 0 Å². The Kier molecular flexibility index (Phi) is 5.43. The third-order valence-electron chi connectivity index (χ3n) is 3.49. The van der Waals surface area contributed by atoms with E-state index in [1.807, 2.05) is 4.90 Å². The Morgan fingerprint density at radius 2 is 2.24 bits per heavy atom. The molecule has 0 bridgehead atoms. The van der Waals surface area contributed by atoms with Crippen LogP contribution in [0, 0.1) is 5.82 Å². The van der Waals surface area contributed by atoms with Crippen LogP contribution < -0.4 is 9.88 Å². The van der Waals surface area contributed by atoms with Gasteiger partial charge in [-0.25, -0.2) is 17.9 Å². The van der Waals surface area contributed by atoms with Crippen LogP contribution in [0.25, 0.3) is 0 Å². The summed E-state index contributed by atoms with van der Waals surface area (Å²) >= 11 is 5.86. The van der Waals surface area contributed by atoms with Crippen molar-refractivity contribution in [3.8, 4) is 5.75 Å². The second kappa shape index (κ2) is 6.91. The molecule has 1 heterocycles. The minimum Gasteiger partial charge on any atom is -0.491 e. The number of benzene rings is 1. The topological polar surface area (TPSA) is 72.6 Å². The highest BCUT2D eigenvalue weighted by molar-refractivity contribution is 7.89. The minimum atomic E-state index is -3.49. The van der Waals surface area contributed by atoms with Gasteiger partial charge in [0.05, 0.1) is 10.3 Å². The van der Waals surface area contributed by atoms with Gasteiger partial charge in [0.2, 0.25) is 10.0 Å². The van der Waals surface area contributed by atoms with Crippen molar-refractivity contribution >= 4 is 21.6 Å². The van der Waals surface area contributed by atoms with Crippen LogP contribution >= 0.6 is 11.6 Å². The van der Waals surface area contributed by atoms with Crippen LogP contribution in [0.4, 0.5) is 4.39 Å². The van der Waals surface area contributed by atoms with E-state index in [2.05, 4.69) is 0 Å². The summed E-state index contributed by atoms with van der Waals surface area (Å²) in [6, 6.07) is 3.94. The number of nitrogens with zero attached hydrogens (tertiary/aromatic N) is 1. The van der Waals surface area contributed by atoms with Crippen LogP contribution in [0.5, 0.6) is 5.75 Å². The maximum Gasteiger partial charge on any atom is 0.213 e. The van der Waals surface area contributed by atoms with Crippen molar-refractivity contribution in [2.24, 2.45) is 5.14 Å². The lowest BCUT2D eigenvalue weighted by atomic mass is 10.1. The number of rotatable bonds is 5. The minimum absolute atomic E-state index is 0.219. The smallest absolute Gasteiger partial charge is 0.213 e. The molecule has 0 radical (unpaired) electrons. The van der Waals surface area contributed by atoms with Crippen LogP contribution in [0.15, 0.2) is 18.2 Å². The number of primary sulfonamides is 1. The summed E-state index contributed by atoms with van der Waals surface area (Å²) in [5, 5.41) is 4.89. The third kappa shape index (κ3) is 4.81. The lowest BCUT2D eigenvalue weighted by Crippen LogP contribution is -2.45. The molecule has 5 nitrogen and oxygen atoms in total. The lowest BCUT2D eigenvalue weighted by Gasteiger charge is -2.31. The molecule has 0 aromatic heterocycles. The van der Waals surface area contributed by atoms with E-state index in [1.165, 1.54) is 18.2 Å². The maximum atomic E-state index is 12.9. The molecule has 0 aliphatic carbocycles. The SMILES string of the molecule is NS(=O)(=O)C1CCCN(CCOc2ccc(F)cc2Cl)C1. The Hall–Kier alpha value is -0.890. The van der Waals surface area contributed by atoms with E-state index in [-0.39, 0.29) is 5.02 Å². The van der Waals surface area contributed by atoms with Crippen LogP contribution in [0.1, 0.15) is 12.8 Å². The number of sulfonamides is 1. The molecule has 21 heavy (non-hydrogen) atoms. The van der Waals surface area contributed by atoms with Gasteiger partial charge in [-0.05, 0) is 37.6 Å². The van der Waals surface area contributed by atoms with Gasteiger partial charge in [0, 0.05) is 13.1 Å². The molecule has 1 aromatic rings. The Bertz CT molecular complexity index is 597. The van der Waals surface area contributed by atoms with Gasteiger partial charge >= 0.3 is 0 Å². The summed E-state index contributed by atoms with van der Waals surface area (Å²) in [6.07, 6.45) is 1.39. The fourth-order valence-electron chi connectivity index (χ4n) is 2.36. The van der Waals surface area contributed by atoms with Gasteiger partial charge in [0.25, 0.3) is 0 Å². The predicted octanol–water partition coefficient (Wildman–Crippen LogP) is 1.61. The Morgan fingerprint density at radius 1 is 1.48 bits per heavy atom. The van der Waals surface area contributed by atoms with Crippen molar-refractivity contribution in [2.75, 3.05) is 26.2 Å². The molecule has 0 amide bonds. The highest BCUT2D eigenvalue weighted by Gasteiger charge is 2.27. The molecule has 0 saturated carbocycles. The van der Waals surface area contributed by atoms with Gasteiger partial charge in [-0.3, -0.25) is 4.90 Å². The van der Waals surface area contributed by atoms with E-state index in [1.54, 1.807) is 0 Å². The van der Waals surface area contributed by atoms with Crippen molar-refractivity contribution in [3.63, 3.8) is 0 Å². The van der Waals surface area contributed by atoms with Crippen LogP contribution in [-0.2, 0) is 10.0 Å².